The van der Waals surface area contributed by atoms with Gasteiger partial charge in [0.2, 0.25) is 5.91 Å². The zero-order valence-electron chi connectivity index (χ0n) is 14.3. The van der Waals surface area contributed by atoms with Crippen molar-refractivity contribution >= 4 is 63.6 Å². The Morgan fingerprint density at radius 3 is 2.48 bits per heavy atom. The van der Waals surface area contributed by atoms with Gasteiger partial charge in [0.05, 0.1) is 27.3 Å². The van der Waals surface area contributed by atoms with Gasteiger partial charge in [0.1, 0.15) is 0 Å². The number of nitrogens with zero attached hydrogens (tertiary/aromatic N) is 1. The molecule has 1 aliphatic heterocycles. The highest BCUT2D eigenvalue weighted by Crippen LogP contribution is 2.32. The highest BCUT2D eigenvalue weighted by atomic mass is 35.5. The molecule has 2 aromatic rings. The van der Waals surface area contributed by atoms with Crippen LogP contribution in [-0.2, 0) is 4.79 Å². The van der Waals surface area contributed by atoms with E-state index in [0.717, 1.165) is 25.9 Å². The molecule has 27 heavy (non-hydrogen) atoms. The van der Waals surface area contributed by atoms with Crippen molar-refractivity contribution in [1.29, 1.82) is 0 Å². The lowest BCUT2D eigenvalue weighted by molar-refractivity contribution is -0.117. The van der Waals surface area contributed by atoms with Crippen LogP contribution in [0, 0.1) is 0 Å². The number of hydrogen-bond acceptors (Lipinski definition) is 4. The number of rotatable bonds is 5. The average molecular weight is 447 g/mol. The molecule has 2 heterocycles. The lowest BCUT2D eigenvalue weighted by Crippen LogP contribution is -2.46. The third-order valence-electron chi connectivity index (χ3n) is 4.36. The van der Waals surface area contributed by atoms with E-state index in [4.69, 9.17) is 34.8 Å². The molecular weight excluding hydrogens is 429 g/mol. The van der Waals surface area contributed by atoms with Crippen molar-refractivity contribution in [3.8, 4) is 0 Å². The number of piperidine rings is 1. The molecule has 0 unspecified atom stereocenters. The van der Waals surface area contributed by atoms with Crippen LogP contribution in [0.25, 0.3) is 0 Å². The Morgan fingerprint density at radius 2 is 1.81 bits per heavy atom. The van der Waals surface area contributed by atoms with E-state index in [1.54, 1.807) is 0 Å². The summed E-state index contributed by atoms with van der Waals surface area (Å²) in [5, 5.41) is 10.5. The summed E-state index contributed by atoms with van der Waals surface area (Å²) in [4.78, 5) is 26.4. The number of likely N-dealkylation sites (tertiary alicyclic amines) is 1. The number of anilines is 1. The van der Waals surface area contributed by atoms with Crippen LogP contribution in [0.3, 0.4) is 0 Å². The molecule has 1 aromatic heterocycles. The second-order valence-corrected chi connectivity index (χ2v) is 8.33. The Hall–Kier alpha value is -1.31. The number of benzene rings is 1. The smallest absolute Gasteiger partial charge is 0.252 e. The third-order valence-corrected chi connectivity index (χ3v) is 6.08. The van der Waals surface area contributed by atoms with Gasteiger partial charge >= 0.3 is 0 Å². The van der Waals surface area contributed by atoms with Gasteiger partial charge in [0.15, 0.2) is 0 Å². The topological polar surface area (TPSA) is 61.4 Å². The molecule has 3 rings (SSSR count). The fourth-order valence-electron chi connectivity index (χ4n) is 2.91. The van der Waals surface area contributed by atoms with Crippen molar-refractivity contribution in [3.05, 3.63) is 49.6 Å². The SMILES string of the molecule is O=C(CN1CCC(NC(=O)c2ccsc2)CC1)Nc1cc(Cl)c(Cl)cc1Cl. The molecule has 1 aromatic carbocycles. The molecule has 0 atom stereocenters. The molecule has 0 aliphatic carbocycles. The van der Waals surface area contributed by atoms with Crippen LogP contribution in [0.5, 0.6) is 0 Å². The quantitative estimate of drug-likeness (QED) is 0.663. The first-order chi connectivity index (χ1) is 12.9. The normalized spacial score (nSPS) is 15.5. The molecule has 1 fully saturated rings. The average Bonchev–Trinajstić information content (AvgIpc) is 3.16. The Morgan fingerprint density at radius 1 is 1.11 bits per heavy atom. The maximum absolute atomic E-state index is 12.3. The summed E-state index contributed by atoms with van der Waals surface area (Å²) in [5.74, 6) is -0.210. The molecule has 9 heteroatoms. The highest BCUT2D eigenvalue weighted by Gasteiger charge is 2.23. The van der Waals surface area contributed by atoms with Gasteiger partial charge in [0, 0.05) is 30.1 Å². The number of carbonyl (C=O) groups excluding carboxylic acids is 2. The van der Waals surface area contributed by atoms with Crippen molar-refractivity contribution < 1.29 is 9.59 Å². The van der Waals surface area contributed by atoms with Gasteiger partial charge in [0.25, 0.3) is 5.91 Å². The van der Waals surface area contributed by atoms with Crippen LogP contribution in [0.15, 0.2) is 29.0 Å². The van der Waals surface area contributed by atoms with E-state index >= 15 is 0 Å². The predicted molar refractivity (Wildman–Crippen MR) is 111 cm³/mol. The summed E-state index contributed by atoms with van der Waals surface area (Å²) in [5.41, 5.74) is 1.13. The first-order valence-electron chi connectivity index (χ1n) is 8.42. The maximum Gasteiger partial charge on any atom is 0.252 e. The summed E-state index contributed by atoms with van der Waals surface area (Å²) in [7, 11) is 0. The van der Waals surface area contributed by atoms with Crippen molar-refractivity contribution in [2.45, 2.75) is 18.9 Å². The fourth-order valence-corrected chi connectivity index (χ4v) is 4.14. The summed E-state index contributed by atoms with van der Waals surface area (Å²) >= 11 is 19.5. The summed E-state index contributed by atoms with van der Waals surface area (Å²) in [6, 6.07) is 4.98. The Labute approximate surface area is 176 Å². The van der Waals surface area contributed by atoms with Gasteiger partial charge in [-0.05, 0) is 36.4 Å². The van der Waals surface area contributed by atoms with E-state index in [1.165, 1.54) is 23.5 Å². The van der Waals surface area contributed by atoms with Gasteiger partial charge in [-0.1, -0.05) is 34.8 Å². The van der Waals surface area contributed by atoms with Crippen LogP contribution in [0.4, 0.5) is 5.69 Å². The lowest BCUT2D eigenvalue weighted by atomic mass is 10.0. The maximum atomic E-state index is 12.3. The summed E-state index contributed by atoms with van der Waals surface area (Å²) < 4.78 is 0. The third kappa shape index (κ3) is 5.59. The number of hydrogen-bond donors (Lipinski definition) is 2. The lowest BCUT2D eigenvalue weighted by Gasteiger charge is -2.31. The highest BCUT2D eigenvalue weighted by molar-refractivity contribution is 7.08. The Bertz CT molecular complexity index is 822. The minimum atomic E-state index is -0.170. The van der Waals surface area contributed by atoms with Crippen LogP contribution in [0.2, 0.25) is 15.1 Å². The Balaban J connectivity index is 1.45. The zero-order valence-corrected chi connectivity index (χ0v) is 17.4. The first-order valence-corrected chi connectivity index (χ1v) is 10.5. The van der Waals surface area contributed by atoms with Gasteiger partial charge in [-0.3, -0.25) is 14.5 Å². The molecule has 0 spiro atoms. The van der Waals surface area contributed by atoms with Crippen molar-refractivity contribution in [2.75, 3.05) is 25.0 Å². The van der Waals surface area contributed by atoms with Crippen LogP contribution < -0.4 is 10.6 Å². The molecule has 144 valence electrons. The molecule has 1 aliphatic rings. The van der Waals surface area contributed by atoms with Crippen molar-refractivity contribution in [2.24, 2.45) is 0 Å². The largest absolute Gasteiger partial charge is 0.349 e. The van der Waals surface area contributed by atoms with Gasteiger partial charge in [-0.25, -0.2) is 0 Å². The monoisotopic (exact) mass is 445 g/mol. The molecule has 0 radical (unpaired) electrons. The van der Waals surface area contributed by atoms with Crippen LogP contribution in [0.1, 0.15) is 23.2 Å². The number of nitrogens with one attached hydrogen (secondary N) is 2. The molecular formula is C18H18Cl3N3O2S. The number of halogens is 3. The second-order valence-electron chi connectivity index (χ2n) is 6.33. The van der Waals surface area contributed by atoms with Gasteiger partial charge < -0.3 is 10.6 Å². The number of amides is 2. The van der Waals surface area contributed by atoms with E-state index in [-0.39, 0.29) is 24.4 Å². The second kappa shape index (κ2) is 9.26. The molecule has 5 nitrogen and oxygen atoms in total. The van der Waals surface area contributed by atoms with Gasteiger partial charge in [-0.15, -0.1) is 0 Å². The summed E-state index contributed by atoms with van der Waals surface area (Å²) in [6.07, 6.45) is 1.60. The van der Waals surface area contributed by atoms with E-state index in [2.05, 4.69) is 10.6 Å². The van der Waals surface area contributed by atoms with E-state index in [9.17, 15) is 9.59 Å². The van der Waals surface area contributed by atoms with E-state index < -0.39 is 0 Å². The minimum Gasteiger partial charge on any atom is -0.349 e. The number of thiophene rings is 1. The molecule has 0 bridgehead atoms. The molecule has 2 amide bonds. The molecule has 1 saturated heterocycles. The van der Waals surface area contributed by atoms with Crippen LogP contribution in [-0.4, -0.2) is 42.4 Å². The fraction of sp³-hybridized carbons (Fsp3) is 0.333. The first kappa shape index (κ1) is 20.4. The Kier molecular flexibility index (Phi) is 7.00. The van der Waals surface area contributed by atoms with Crippen LogP contribution >= 0.6 is 46.1 Å². The standard InChI is InChI=1S/C18H18Cl3N3O2S/c19-13-7-15(21)16(8-14(13)20)23-17(25)9-24-4-1-12(2-5-24)22-18(26)11-3-6-27-10-11/h3,6-8,10,12H,1-2,4-5,9H2,(H,22,26)(H,23,25). The molecule has 0 saturated carbocycles. The minimum absolute atomic E-state index is 0.0401. The van der Waals surface area contributed by atoms with Crippen molar-refractivity contribution in [3.63, 3.8) is 0 Å². The van der Waals surface area contributed by atoms with E-state index in [0.29, 0.717) is 26.3 Å². The summed E-state index contributed by atoms with van der Waals surface area (Å²) in [6.45, 7) is 1.72. The predicted octanol–water partition coefficient (Wildman–Crippen LogP) is 4.54. The van der Waals surface area contributed by atoms with E-state index in [1.807, 2.05) is 21.7 Å². The van der Waals surface area contributed by atoms with Gasteiger partial charge in [-0.2, -0.15) is 11.3 Å². The molecule has 2 N–H and O–H groups in total. The number of carbonyl (C=O) groups is 2. The zero-order chi connectivity index (χ0) is 19.4. The van der Waals surface area contributed by atoms with Crippen molar-refractivity contribution in [1.82, 2.24) is 10.2 Å².